The van der Waals surface area contributed by atoms with E-state index in [0.717, 1.165) is 53.9 Å². The van der Waals surface area contributed by atoms with E-state index in [1.807, 2.05) is 44.2 Å². The van der Waals surface area contributed by atoms with Crippen LogP contribution in [0.2, 0.25) is 0 Å². The zero-order valence-electron chi connectivity index (χ0n) is 15.8. The fourth-order valence-corrected chi connectivity index (χ4v) is 3.50. The molecule has 0 radical (unpaired) electrons. The number of rotatable bonds is 6. The van der Waals surface area contributed by atoms with Gasteiger partial charge in [-0.05, 0) is 56.3 Å². The first-order valence-corrected chi connectivity index (χ1v) is 9.72. The van der Waals surface area contributed by atoms with Gasteiger partial charge in [0.25, 0.3) is 0 Å². The standard InChI is InChI=1S/C21H25FN2O2S/c1-3-25-19-10-5-16(15-20(19)26-4-2)21(27)24-13-11-23(12-14-24)18-8-6-17(22)7-9-18/h5-10,15H,3-4,11-14H2,1-2H3. The summed E-state index contributed by atoms with van der Waals surface area (Å²) in [6, 6.07) is 12.5. The quantitative estimate of drug-likeness (QED) is 0.693. The highest BCUT2D eigenvalue weighted by atomic mass is 32.1. The summed E-state index contributed by atoms with van der Waals surface area (Å²) in [5, 5.41) is 0. The minimum atomic E-state index is -0.209. The summed E-state index contributed by atoms with van der Waals surface area (Å²) in [5.74, 6) is 1.26. The predicted molar refractivity (Wildman–Crippen MR) is 111 cm³/mol. The Morgan fingerprint density at radius 1 is 0.926 bits per heavy atom. The van der Waals surface area contributed by atoms with Gasteiger partial charge in [0, 0.05) is 37.4 Å². The third-order valence-electron chi connectivity index (χ3n) is 4.55. The van der Waals surface area contributed by atoms with Gasteiger partial charge < -0.3 is 19.3 Å². The van der Waals surface area contributed by atoms with Crippen molar-refractivity contribution in [2.75, 3.05) is 44.3 Å². The summed E-state index contributed by atoms with van der Waals surface area (Å²) in [7, 11) is 0. The largest absolute Gasteiger partial charge is 0.490 e. The van der Waals surface area contributed by atoms with Gasteiger partial charge in [-0.3, -0.25) is 0 Å². The molecule has 1 saturated heterocycles. The van der Waals surface area contributed by atoms with Crippen molar-refractivity contribution in [1.82, 2.24) is 4.90 Å². The highest BCUT2D eigenvalue weighted by Crippen LogP contribution is 2.29. The Hall–Kier alpha value is -2.34. The average molecular weight is 389 g/mol. The molecule has 0 spiro atoms. The molecule has 0 N–H and O–H groups in total. The van der Waals surface area contributed by atoms with Gasteiger partial charge in [0.15, 0.2) is 11.5 Å². The summed E-state index contributed by atoms with van der Waals surface area (Å²) in [5.41, 5.74) is 2.01. The van der Waals surface area contributed by atoms with Gasteiger partial charge in [0.1, 0.15) is 10.8 Å². The molecule has 1 fully saturated rings. The number of thiocarbonyl (C=S) groups is 1. The Bertz CT molecular complexity index is 774. The second kappa shape index (κ2) is 9.04. The highest BCUT2D eigenvalue weighted by Gasteiger charge is 2.21. The van der Waals surface area contributed by atoms with Gasteiger partial charge in [-0.1, -0.05) is 12.2 Å². The molecule has 2 aromatic rings. The first kappa shape index (κ1) is 19.4. The van der Waals surface area contributed by atoms with E-state index in [4.69, 9.17) is 21.7 Å². The van der Waals surface area contributed by atoms with Gasteiger partial charge in [-0.15, -0.1) is 0 Å². The predicted octanol–water partition coefficient (Wildman–Crippen LogP) is 4.12. The third kappa shape index (κ3) is 4.69. The van der Waals surface area contributed by atoms with Crippen LogP contribution in [0.15, 0.2) is 42.5 Å². The summed E-state index contributed by atoms with van der Waals surface area (Å²) in [6.07, 6.45) is 0. The topological polar surface area (TPSA) is 24.9 Å². The number of hydrogen-bond acceptors (Lipinski definition) is 4. The van der Waals surface area contributed by atoms with Crippen LogP contribution in [-0.4, -0.2) is 49.3 Å². The Morgan fingerprint density at radius 2 is 1.56 bits per heavy atom. The highest BCUT2D eigenvalue weighted by molar-refractivity contribution is 7.80. The second-order valence-electron chi connectivity index (χ2n) is 6.28. The Kier molecular flexibility index (Phi) is 6.50. The monoisotopic (exact) mass is 388 g/mol. The maximum absolute atomic E-state index is 13.1. The molecule has 1 aliphatic rings. The molecule has 4 nitrogen and oxygen atoms in total. The van der Waals surface area contributed by atoms with Crippen LogP contribution in [0.3, 0.4) is 0 Å². The van der Waals surface area contributed by atoms with E-state index in [2.05, 4.69) is 9.80 Å². The van der Waals surface area contributed by atoms with Gasteiger partial charge in [-0.2, -0.15) is 0 Å². The molecule has 0 aliphatic carbocycles. The first-order valence-electron chi connectivity index (χ1n) is 9.31. The molecular weight excluding hydrogens is 363 g/mol. The lowest BCUT2D eigenvalue weighted by molar-refractivity contribution is 0.287. The van der Waals surface area contributed by atoms with Gasteiger partial charge >= 0.3 is 0 Å². The maximum Gasteiger partial charge on any atom is 0.161 e. The number of anilines is 1. The summed E-state index contributed by atoms with van der Waals surface area (Å²) < 4.78 is 24.4. The van der Waals surface area contributed by atoms with Crippen molar-refractivity contribution < 1.29 is 13.9 Å². The molecule has 6 heteroatoms. The smallest absolute Gasteiger partial charge is 0.161 e. The average Bonchev–Trinajstić information content (AvgIpc) is 2.70. The lowest BCUT2D eigenvalue weighted by Crippen LogP contribution is -2.48. The minimum absolute atomic E-state index is 0.209. The zero-order valence-corrected chi connectivity index (χ0v) is 16.6. The molecule has 1 aliphatic heterocycles. The van der Waals surface area contributed by atoms with E-state index < -0.39 is 0 Å². The number of piperazine rings is 1. The minimum Gasteiger partial charge on any atom is -0.490 e. The van der Waals surface area contributed by atoms with Gasteiger partial charge in [0.2, 0.25) is 0 Å². The van der Waals surface area contributed by atoms with Crippen LogP contribution < -0.4 is 14.4 Å². The van der Waals surface area contributed by atoms with E-state index in [0.29, 0.717) is 13.2 Å². The molecular formula is C21H25FN2O2S. The molecule has 3 rings (SSSR count). The fourth-order valence-electron chi connectivity index (χ4n) is 3.19. The maximum atomic E-state index is 13.1. The molecule has 0 aromatic heterocycles. The summed E-state index contributed by atoms with van der Waals surface area (Å²) >= 11 is 5.73. The molecule has 27 heavy (non-hydrogen) atoms. The zero-order chi connectivity index (χ0) is 19.2. The molecule has 144 valence electrons. The van der Waals surface area contributed by atoms with Crippen LogP contribution >= 0.6 is 12.2 Å². The van der Waals surface area contributed by atoms with Crippen LogP contribution in [0.4, 0.5) is 10.1 Å². The molecule has 0 amide bonds. The fraction of sp³-hybridized carbons (Fsp3) is 0.381. The Labute approximate surface area is 165 Å². The molecule has 2 aromatic carbocycles. The SMILES string of the molecule is CCOc1ccc(C(=S)N2CCN(c3ccc(F)cc3)CC2)cc1OCC. The Balaban J connectivity index is 1.66. The van der Waals surface area contributed by atoms with Crippen molar-refractivity contribution in [2.45, 2.75) is 13.8 Å². The van der Waals surface area contributed by atoms with Crippen molar-refractivity contribution in [2.24, 2.45) is 0 Å². The van der Waals surface area contributed by atoms with E-state index >= 15 is 0 Å². The second-order valence-corrected chi connectivity index (χ2v) is 6.67. The van der Waals surface area contributed by atoms with Gasteiger partial charge in [0.05, 0.1) is 13.2 Å². The lowest BCUT2D eigenvalue weighted by atomic mass is 10.1. The molecule has 1 heterocycles. The first-order chi connectivity index (χ1) is 13.1. The third-order valence-corrected chi connectivity index (χ3v) is 5.04. The molecule has 0 unspecified atom stereocenters. The normalized spacial score (nSPS) is 14.2. The number of ether oxygens (including phenoxy) is 2. The number of halogens is 1. The molecule has 0 bridgehead atoms. The van der Waals surface area contributed by atoms with Crippen molar-refractivity contribution >= 4 is 22.9 Å². The van der Waals surface area contributed by atoms with Crippen molar-refractivity contribution in [3.63, 3.8) is 0 Å². The van der Waals surface area contributed by atoms with E-state index in [1.54, 1.807) is 0 Å². The van der Waals surface area contributed by atoms with Crippen molar-refractivity contribution in [3.8, 4) is 11.5 Å². The Morgan fingerprint density at radius 3 is 2.19 bits per heavy atom. The van der Waals surface area contributed by atoms with Crippen LogP contribution in [0.25, 0.3) is 0 Å². The summed E-state index contributed by atoms with van der Waals surface area (Å²) in [4.78, 5) is 5.28. The van der Waals surface area contributed by atoms with Crippen LogP contribution in [0, 0.1) is 5.82 Å². The molecule has 0 saturated carbocycles. The van der Waals surface area contributed by atoms with E-state index in [9.17, 15) is 4.39 Å². The summed E-state index contributed by atoms with van der Waals surface area (Å²) in [6.45, 7) is 8.43. The van der Waals surface area contributed by atoms with Crippen LogP contribution in [-0.2, 0) is 0 Å². The number of nitrogens with zero attached hydrogens (tertiary/aromatic N) is 2. The van der Waals surface area contributed by atoms with E-state index in [-0.39, 0.29) is 5.82 Å². The van der Waals surface area contributed by atoms with Crippen molar-refractivity contribution in [3.05, 3.63) is 53.8 Å². The molecule has 0 atom stereocenters. The lowest BCUT2D eigenvalue weighted by Gasteiger charge is -2.37. The number of hydrogen-bond donors (Lipinski definition) is 0. The van der Waals surface area contributed by atoms with Gasteiger partial charge in [-0.25, -0.2) is 4.39 Å². The van der Waals surface area contributed by atoms with Crippen LogP contribution in [0.1, 0.15) is 19.4 Å². The van der Waals surface area contributed by atoms with Crippen molar-refractivity contribution in [1.29, 1.82) is 0 Å². The van der Waals surface area contributed by atoms with Crippen LogP contribution in [0.5, 0.6) is 11.5 Å². The number of benzene rings is 2. The van der Waals surface area contributed by atoms with E-state index in [1.165, 1.54) is 12.1 Å².